The fraction of sp³-hybridized carbons (Fsp3) is 0.333. The second-order valence-electron chi connectivity index (χ2n) is 3.17. The Bertz CT molecular complexity index is 404. The zero-order valence-corrected chi connectivity index (χ0v) is 11.4. The molecule has 1 aromatic rings. The van der Waals surface area contributed by atoms with E-state index in [2.05, 4.69) is 0 Å². The van der Waals surface area contributed by atoms with Gasteiger partial charge in [0.25, 0.3) is 10.1 Å². The van der Waals surface area contributed by atoms with Gasteiger partial charge in [-0.15, -0.1) is 0 Å². The average Bonchev–Trinajstić information content (AvgIpc) is 2.03. The van der Waals surface area contributed by atoms with Crippen LogP contribution in [0, 0.1) is 0 Å². The number of benzene rings is 1. The van der Waals surface area contributed by atoms with Crippen LogP contribution >= 0.6 is 0 Å². The summed E-state index contributed by atoms with van der Waals surface area (Å²) in [6.07, 6.45) is 0. The molecule has 1 rings (SSSR count). The van der Waals surface area contributed by atoms with Gasteiger partial charge in [-0.2, -0.15) is 8.42 Å². The molecule has 3 nitrogen and oxygen atoms in total. The Hall–Kier alpha value is 0.130. The maximum atomic E-state index is 10.9. The molecule has 0 saturated heterocycles. The van der Waals surface area contributed by atoms with Gasteiger partial charge in [0.2, 0.25) is 0 Å². The molecular formula is C9H13NaO3S. The molecular weight excluding hydrogens is 211 g/mol. The van der Waals surface area contributed by atoms with Gasteiger partial charge in [-0.05, 0) is 17.5 Å². The van der Waals surface area contributed by atoms with E-state index in [1.165, 1.54) is 6.07 Å². The SMILES string of the molecule is CC(C)c1ccccc1S(=O)(=O)O.[H-].[Na+]. The second-order valence-corrected chi connectivity index (χ2v) is 4.56. The third kappa shape index (κ3) is 3.37. The Morgan fingerprint density at radius 2 is 1.79 bits per heavy atom. The summed E-state index contributed by atoms with van der Waals surface area (Å²) in [5.74, 6) is 0.0816. The van der Waals surface area contributed by atoms with Crippen molar-refractivity contribution in [2.24, 2.45) is 0 Å². The van der Waals surface area contributed by atoms with Gasteiger partial charge in [0.15, 0.2) is 0 Å². The largest absolute Gasteiger partial charge is 1.00 e. The van der Waals surface area contributed by atoms with Crippen LogP contribution in [-0.4, -0.2) is 13.0 Å². The van der Waals surface area contributed by atoms with Crippen LogP contribution in [0.1, 0.15) is 26.8 Å². The fourth-order valence-electron chi connectivity index (χ4n) is 1.19. The van der Waals surface area contributed by atoms with Gasteiger partial charge in [0.05, 0.1) is 4.90 Å². The van der Waals surface area contributed by atoms with Gasteiger partial charge in [0, 0.05) is 0 Å². The van der Waals surface area contributed by atoms with Crippen LogP contribution in [0.2, 0.25) is 0 Å². The topological polar surface area (TPSA) is 54.4 Å². The van der Waals surface area contributed by atoms with Crippen molar-refractivity contribution >= 4 is 10.1 Å². The van der Waals surface area contributed by atoms with Gasteiger partial charge in [0.1, 0.15) is 0 Å². The zero-order valence-electron chi connectivity index (χ0n) is 9.56. The van der Waals surface area contributed by atoms with Crippen molar-refractivity contribution in [2.45, 2.75) is 24.7 Å². The summed E-state index contributed by atoms with van der Waals surface area (Å²) in [6.45, 7) is 3.76. The molecule has 0 spiro atoms. The van der Waals surface area contributed by atoms with Gasteiger partial charge in [-0.1, -0.05) is 32.0 Å². The maximum Gasteiger partial charge on any atom is 1.00 e. The molecule has 0 bridgehead atoms. The monoisotopic (exact) mass is 224 g/mol. The van der Waals surface area contributed by atoms with Crippen molar-refractivity contribution in [1.82, 2.24) is 0 Å². The van der Waals surface area contributed by atoms with E-state index in [1.54, 1.807) is 18.2 Å². The predicted molar refractivity (Wildman–Crippen MR) is 51.5 cm³/mol. The molecule has 1 aromatic carbocycles. The summed E-state index contributed by atoms with van der Waals surface area (Å²) in [5, 5.41) is 0. The van der Waals surface area contributed by atoms with Crippen LogP contribution in [0.15, 0.2) is 29.2 Å². The first-order valence-electron chi connectivity index (χ1n) is 3.99. The van der Waals surface area contributed by atoms with E-state index in [1.807, 2.05) is 13.8 Å². The number of hydrogen-bond donors (Lipinski definition) is 1. The van der Waals surface area contributed by atoms with Crippen LogP contribution < -0.4 is 29.6 Å². The first-order chi connectivity index (χ1) is 5.93. The molecule has 0 saturated carbocycles. The molecule has 1 N–H and O–H groups in total. The van der Waals surface area contributed by atoms with Crippen molar-refractivity contribution < 1.29 is 44.0 Å². The summed E-state index contributed by atoms with van der Waals surface area (Å²) in [7, 11) is -4.08. The fourth-order valence-corrected chi connectivity index (χ4v) is 2.04. The quantitative estimate of drug-likeness (QED) is 0.527. The van der Waals surface area contributed by atoms with Crippen LogP contribution in [0.4, 0.5) is 0 Å². The Labute approximate surface area is 108 Å². The molecule has 5 heteroatoms. The average molecular weight is 224 g/mol. The smallest absolute Gasteiger partial charge is 1.00 e. The van der Waals surface area contributed by atoms with Crippen molar-refractivity contribution in [3.63, 3.8) is 0 Å². The van der Waals surface area contributed by atoms with Crippen molar-refractivity contribution in [3.8, 4) is 0 Å². The first-order valence-corrected chi connectivity index (χ1v) is 5.43. The summed E-state index contributed by atoms with van der Waals surface area (Å²) in [6, 6.07) is 6.46. The molecule has 0 fully saturated rings. The summed E-state index contributed by atoms with van der Waals surface area (Å²) in [4.78, 5) is 0.00463. The van der Waals surface area contributed by atoms with Crippen LogP contribution in [0.25, 0.3) is 0 Å². The zero-order chi connectivity index (χ0) is 10.1. The molecule has 0 unspecified atom stereocenters. The molecule has 0 aromatic heterocycles. The molecule has 0 amide bonds. The summed E-state index contributed by atoms with van der Waals surface area (Å²) < 4.78 is 30.7. The summed E-state index contributed by atoms with van der Waals surface area (Å²) in [5.41, 5.74) is 0.644. The van der Waals surface area contributed by atoms with Gasteiger partial charge < -0.3 is 1.43 Å². The molecule has 14 heavy (non-hydrogen) atoms. The minimum atomic E-state index is -4.08. The molecule has 0 radical (unpaired) electrons. The molecule has 0 aliphatic heterocycles. The molecule has 0 atom stereocenters. The number of rotatable bonds is 2. The Kier molecular flexibility index (Phi) is 5.33. The van der Waals surface area contributed by atoms with E-state index in [0.717, 1.165) is 0 Å². The predicted octanol–water partition coefficient (Wildman–Crippen LogP) is -0.827. The molecule has 0 heterocycles. The third-order valence-corrected chi connectivity index (χ3v) is 2.75. The normalized spacial score (nSPS) is 11.1. The van der Waals surface area contributed by atoms with Crippen molar-refractivity contribution in [2.75, 3.05) is 0 Å². The van der Waals surface area contributed by atoms with Gasteiger partial charge in [-0.25, -0.2) is 0 Å². The minimum Gasteiger partial charge on any atom is -1.00 e. The molecule has 0 aliphatic carbocycles. The minimum absolute atomic E-state index is 0. The number of hydrogen-bond acceptors (Lipinski definition) is 2. The van der Waals surface area contributed by atoms with E-state index in [4.69, 9.17) is 4.55 Å². The molecule has 0 aliphatic rings. The molecule has 74 valence electrons. The van der Waals surface area contributed by atoms with E-state index in [-0.39, 0.29) is 41.8 Å². The van der Waals surface area contributed by atoms with E-state index in [9.17, 15) is 8.42 Å². The standard InChI is InChI=1S/C9H12O3S.Na.H/c1-7(2)8-5-3-4-6-9(8)13(10,11)12;;/h3-7H,1-2H3,(H,10,11,12);;/q;+1;-1. The van der Waals surface area contributed by atoms with E-state index >= 15 is 0 Å². The third-order valence-electron chi connectivity index (χ3n) is 1.82. The van der Waals surface area contributed by atoms with Crippen molar-refractivity contribution in [1.29, 1.82) is 0 Å². The van der Waals surface area contributed by atoms with E-state index in [0.29, 0.717) is 5.56 Å². The van der Waals surface area contributed by atoms with Crippen LogP contribution in [-0.2, 0) is 10.1 Å². The van der Waals surface area contributed by atoms with E-state index < -0.39 is 10.1 Å². The van der Waals surface area contributed by atoms with Crippen LogP contribution in [0.3, 0.4) is 0 Å². The maximum absolute atomic E-state index is 10.9. The Morgan fingerprint density at radius 3 is 2.14 bits per heavy atom. The first kappa shape index (κ1) is 14.1. The Morgan fingerprint density at radius 1 is 1.29 bits per heavy atom. The van der Waals surface area contributed by atoms with Gasteiger partial charge >= 0.3 is 29.6 Å². The van der Waals surface area contributed by atoms with Crippen LogP contribution in [0.5, 0.6) is 0 Å². The Balaban J connectivity index is 0. The van der Waals surface area contributed by atoms with Crippen molar-refractivity contribution in [3.05, 3.63) is 29.8 Å². The van der Waals surface area contributed by atoms with Gasteiger partial charge in [-0.3, -0.25) is 4.55 Å². The second kappa shape index (κ2) is 5.28. The summed E-state index contributed by atoms with van der Waals surface area (Å²) >= 11 is 0.